The van der Waals surface area contributed by atoms with Gasteiger partial charge in [0, 0.05) is 6.54 Å². The first kappa shape index (κ1) is 26.9. The van der Waals surface area contributed by atoms with Crippen LogP contribution in [0.5, 0.6) is 0 Å². The molecule has 0 fully saturated rings. The van der Waals surface area contributed by atoms with Crippen molar-refractivity contribution in [2.75, 3.05) is 7.05 Å². The van der Waals surface area contributed by atoms with Crippen LogP contribution in [0.4, 0.5) is 4.39 Å². The fourth-order valence-electron chi connectivity index (χ4n) is 2.70. The summed E-state index contributed by atoms with van der Waals surface area (Å²) in [6.07, 6.45) is 5.05. The lowest BCUT2D eigenvalue weighted by Crippen LogP contribution is -2.07. The molecule has 1 heterocycles. The van der Waals surface area contributed by atoms with E-state index in [2.05, 4.69) is 29.9 Å². The van der Waals surface area contributed by atoms with Crippen LogP contribution in [0.25, 0.3) is 15.8 Å². The second-order valence-electron chi connectivity index (χ2n) is 6.40. The number of carbonyl (C=O) groups excluding carboxylic acids is 1. The van der Waals surface area contributed by atoms with Gasteiger partial charge in [0.1, 0.15) is 17.1 Å². The number of nitrogens with one attached hydrogen (secondary N) is 1. The van der Waals surface area contributed by atoms with E-state index in [1.165, 1.54) is 17.2 Å². The van der Waals surface area contributed by atoms with Crippen LogP contribution >= 0.6 is 11.3 Å². The molecule has 0 aliphatic carbocycles. The van der Waals surface area contributed by atoms with E-state index in [-0.39, 0.29) is 5.56 Å². The molecule has 0 saturated heterocycles. The third-order valence-corrected chi connectivity index (χ3v) is 5.20. The number of carboxylic acid groups (broad SMARTS) is 1. The molecule has 2 aromatic carbocycles. The first-order valence-corrected chi connectivity index (χ1v) is 11.0. The number of nitrogens with zero attached hydrogens (tertiary/aromatic N) is 1. The summed E-state index contributed by atoms with van der Waals surface area (Å²) in [5.74, 6) is -1.94. The molecule has 2 N–H and O–H groups in total. The van der Waals surface area contributed by atoms with E-state index in [1.807, 2.05) is 32.1 Å². The average molecular weight is 457 g/mol. The summed E-state index contributed by atoms with van der Waals surface area (Å²) in [7, 11) is 1.74. The molecule has 5 nitrogen and oxygen atoms in total. The Balaban J connectivity index is 0.000000307. The van der Waals surface area contributed by atoms with Gasteiger partial charge in [-0.1, -0.05) is 44.7 Å². The molecule has 7 heteroatoms. The Hall–Kier alpha value is -3.16. The molecule has 1 aromatic heterocycles. The average Bonchev–Trinajstić information content (AvgIpc) is 3.19. The molecule has 0 saturated carbocycles. The Kier molecular flexibility index (Phi) is 11.8. The van der Waals surface area contributed by atoms with Crippen molar-refractivity contribution in [3.05, 3.63) is 82.6 Å². The quantitative estimate of drug-likeness (QED) is 0.342. The number of rotatable bonds is 7. The Labute approximate surface area is 192 Å². The van der Waals surface area contributed by atoms with Crippen LogP contribution in [0.3, 0.4) is 0 Å². The molecule has 0 radical (unpaired) electrons. The van der Waals surface area contributed by atoms with Gasteiger partial charge in [-0.3, -0.25) is 0 Å². The van der Waals surface area contributed by atoms with Crippen molar-refractivity contribution in [1.82, 2.24) is 10.3 Å². The lowest BCUT2D eigenvalue weighted by atomic mass is 10.1. The Morgan fingerprint density at radius 1 is 1.25 bits per heavy atom. The summed E-state index contributed by atoms with van der Waals surface area (Å²) in [5, 5.41) is 12.3. The summed E-state index contributed by atoms with van der Waals surface area (Å²) in [4.78, 5) is 25.4. The van der Waals surface area contributed by atoms with Gasteiger partial charge in [0.25, 0.3) is 0 Å². The highest BCUT2D eigenvalue weighted by atomic mass is 32.1. The molecular weight excluding hydrogens is 427 g/mol. The molecule has 3 rings (SSSR count). The van der Waals surface area contributed by atoms with E-state index < -0.39 is 11.8 Å². The zero-order valence-corrected chi connectivity index (χ0v) is 19.6. The van der Waals surface area contributed by atoms with Crippen LogP contribution in [0.1, 0.15) is 47.3 Å². The van der Waals surface area contributed by atoms with Gasteiger partial charge in [-0.05, 0) is 54.9 Å². The Bertz CT molecular complexity index is 1090. The van der Waals surface area contributed by atoms with Crippen LogP contribution in [0.15, 0.2) is 55.1 Å². The minimum Gasteiger partial charge on any atom is -0.478 e. The van der Waals surface area contributed by atoms with Gasteiger partial charge in [0.15, 0.2) is 0 Å². The summed E-state index contributed by atoms with van der Waals surface area (Å²) in [6.45, 7) is 10.3. The molecule has 32 heavy (non-hydrogen) atoms. The van der Waals surface area contributed by atoms with Crippen molar-refractivity contribution < 1.29 is 19.1 Å². The number of aromatic carboxylic acids is 1. The Morgan fingerprint density at radius 2 is 1.97 bits per heavy atom. The van der Waals surface area contributed by atoms with Crippen LogP contribution in [-0.4, -0.2) is 29.4 Å². The first-order valence-electron chi connectivity index (χ1n) is 10.2. The third-order valence-electron chi connectivity index (χ3n) is 4.16. The number of allylic oxidation sites excluding steroid dienone is 3. The number of fused-ring (bicyclic) bond motifs is 1. The smallest absolute Gasteiger partial charge is 0.338 e. The number of aldehydes is 1. The van der Waals surface area contributed by atoms with Gasteiger partial charge in [-0.2, -0.15) is 0 Å². The summed E-state index contributed by atoms with van der Waals surface area (Å²) in [5.41, 5.74) is 3.77. The first-order chi connectivity index (χ1) is 15.4. The minimum absolute atomic E-state index is 0.284. The maximum absolute atomic E-state index is 12.9. The number of hydrogen-bond donors (Lipinski definition) is 2. The highest BCUT2D eigenvalue weighted by Gasteiger charge is 2.10. The van der Waals surface area contributed by atoms with E-state index in [9.17, 15) is 14.0 Å². The molecule has 3 aromatic rings. The van der Waals surface area contributed by atoms with Crippen molar-refractivity contribution in [3.63, 3.8) is 0 Å². The van der Waals surface area contributed by atoms with Crippen molar-refractivity contribution in [1.29, 1.82) is 0 Å². The molecule has 170 valence electrons. The molecule has 0 atom stereocenters. The zero-order valence-electron chi connectivity index (χ0n) is 18.8. The molecule has 0 spiro atoms. The van der Waals surface area contributed by atoms with Crippen LogP contribution in [-0.2, 0) is 17.8 Å². The monoisotopic (exact) mass is 456 g/mol. The van der Waals surface area contributed by atoms with Gasteiger partial charge in [0.05, 0.1) is 22.2 Å². The number of benzene rings is 2. The van der Waals surface area contributed by atoms with E-state index in [4.69, 9.17) is 5.11 Å². The second kappa shape index (κ2) is 14.0. The lowest BCUT2D eigenvalue weighted by Gasteiger charge is -2.02. The Morgan fingerprint density at radius 3 is 2.56 bits per heavy atom. The number of carboxylic acids is 1. The molecule has 0 aliphatic rings. The van der Waals surface area contributed by atoms with Gasteiger partial charge < -0.3 is 15.2 Å². The zero-order chi connectivity index (χ0) is 24.1. The largest absolute Gasteiger partial charge is 0.478 e. The fourth-order valence-corrected chi connectivity index (χ4v) is 3.65. The van der Waals surface area contributed by atoms with Gasteiger partial charge >= 0.3 is 5.97 Å². The molecule has 0 amide bonds. The standard InChI is InChI=1S/C14H13NOS.C9H10FNO2.C2H6/c1-3-4-10(2)11-5-6-12-13(9-11)17-14(15-12)7-8-16;1-11-5-6-2-3-8(10)7(4-6)9(12)13;1-2/h3-6,8-9H,1,7H2,2H3;2-4,11H,5H2,1H3,(H,12,13);1-2H3/b10-4+;;. The number of thiazole rings is 1. The van der Waals surface area contributed by atoms with Crippen LogP contribution in [0.2, 0.25) is 0 Å². The van der Waals surface area contributed by atoms with Crippen molar-refractivity contribution in [2.45, 2.75) is 33.7 Å². The van der Waals surface area contributed by atoms with Crippen LogP contribution in [0, 0.1) is 5.82 Å². The van der Waals surface area contributed by atoms with Crippen LogP contribution < -0.4 is 5.32 Å². The van der Waals surface area contributed by atoms with Gasteiger partial charge in [-0.25, -0.2) is 14.2 Å². The minimum atomic E-state index is -1.24. The molecular formula is C25H29FN2O3S. The summed E-state index contributed by atoms with van der Waals surface area (Å²) >= 11 is 1.58. The summed E-state index contributed by atoms with van der Waals surface area (Å²) < 4.78 is 14.0. The van der Waals surface area contributed by atoms with E-state index in [0.29, 0.717) is 13.0 Å². The van der Waals surface area contributed by atoms with Gasteiger partial charge in [-0.15, -0.1) is 11.3 Å². The highest BCUT2D eigenvalue weighted by Crippen LogP contribution is 2.26. The topological polar surface area (TPSA) is 79.3 Å². The maximum Gasteiger partial charge on any atom is 0.338 e. The lowest BCUT2D eigenvalue weighted by molar-refractivity contribution is -0.107. The molecule has 0 bridgehead atoms. The van der Waals surface area contributed by atoms with Gasteiger partial charge in [0.2, 0.25) is 0 Å². The fraction of sp³-hybridized carbons (Fsp3) is 0.240. The van der Waals surface area contributed by atoms with Crippen molar-refractivity contribution >= 4 is 39.4 Å². The predicted octanol–water partition coefficient (Wildman–Crippen LogP) is 5.90. The number of aromatic nitrogens is 1. The number of carbonyl (C=O) groups is 2. The van der Waals surface area contributed by atoms with E-state index in [0.717, 1.165) is 33.1 Å². The normalized spacial score (nSPS) is 10.5. The summed E-state index contributed by atoms with van der Waals surface area (Å²) in [6, 6.07) is 10.2. The van der Waals surface area contributed by atoms with E-state index in [1.54, 1.807) is 30.5 Å². The molecule has 0 unspecified atom stereocenters. The second-order valence-corrected chi connectivity index (χ2v) is 7.51. The highest BCUT2D eigenvalue weighted by molar-refractivity contribution is 7.18. The SMILES string of the molecule is C=C/C=C(\C)c1ccc2nc(CC=O)sc2c1.CC.CNCc1ccc(F)c(C(=O)O)c1. The number of halogens is 1. The molecule has 0 aliphatic heterocycles. The predicted molar refractivity (Wildman–Crippen MR) is 131 cm³/mol. The maximum atomic E-state index is 12.9. The third kappa shape index (κ3) is 7.83. The number of hydrogen-bond acceptors (Lipinski definition) is 5. The van der Waals surface area contributed by atoms with E-state index >= 15 is 0 Å². The van der Waals surface area contributed by atoms with Crippen molar-refractivity contribution in [2.24, 2.45) is 0 Å². The van der Waals surface area contributed by atoms with Crippen molar-refractivity contribution in [3.8, 4) is 0 Å².